The van der Waals surface area contributed by atoms with Crippen LogP contribution in [0.3, 0.4) is 0 Å². The predicted octanol–water partition coefficient (Wildman–Crippen LogP) is 6.94. The van der Waals surface area contributed by atoms with Crippen molar-refractivity contribution in [2.45, 2.75) is 349 Å². The molecule has 1 amide bonds. The molecule has 81 heavy (non-hydrogen) atoms. The number of hydrogen-bond acceptors (Lipinski definition) is 18. The molecule has 3 saturated heterocycles. The van der Waals surface area contributed by atoms with E-state index in [0.29, 0.717) is 12.8 Å². The van der Waals surface area contributed by atoms with Crippen LogP contribution in [-0.2, 0) is 33.2 Å². The molecule has 3 aliphatic rings. The summed E-state index contributed by atoms with van der Waals surface area (Å²) in [5.41, 5.74) is 0. The molecule has 3 aliphatic heterocycles. The molecule has 0 saturated carbocycles. The minimum Gasteiger partial charge on any atom is -0.394 e. The van der Waals surface area contributed by atoms with Gasteiger partial charge in [-0.1, -0.05) is 212 Å². The normalized spacial score (nSPS) is 29.8. The van der Waals surface area contributed by atoms with E-state index < -0.39 is 124 Å². The Morgan fingerprint density at radius 1 is 0.432 bits per heavy atom. The number of ether oxygens (including phenoxy) is 6. The van der Waals surface area contributed by atoms with Crippen molar-refractivity contribution in [1.82, 2.24) is 5.32 Å². The summed E-state index contributed by atoms with van der Waals surface area (Å²) in [5, 5.41) is 120. The second-order valence-electron chi connectivity index (χ2n) is 23.6. The van der Waals surface area contributed by atoms with E-state index >= 15 is 0 Å². The molecule has 0 aromatic heterocycles. The van der Waals surface area contributed by atoms with Crippen LogP contribution >= 0.6 is 0 Å². The van der Waals surface area contributed by atoms with Gasteiger partial charge in [-0.05, 0) is 38.5 Å². The standard InChI is InChI=1S/C62H117NO18/c1-3-5-7-9-11-13-15-17-19-20-21-22-23-24-26-28-30-32-34-36-38-40-50(68)63-45(46(67)39-37-35-33-31-29-27-25-18-16-14-12-10-8-6-4-2)44-76-60-56(74)53(71)58(48(42-65)78-60)81-62-57(75)54(72)59(49(43-66)79-62)80-61-55(73)52(70)51(69)47(41-64)77-61/h20-21,45-49,51-62,64-67,69-75H,3-19,22-44H2,1-2H3,(H,63,68)/b21-20-. The molecule has 0 bridgehead atoms. The number of amides is 1. The lowest BCUT2D eigenvalue weighted by atomic mass is 9.96. The van der Waals surface area contributed by atoms with Crippen molar-refractivity contribution < 1.29 is 89.4 Å². The third kappa shape index (κ3) is 29.2. The van der Waals surface area contributed by atoms with Crippen molar-refractivity contribution >= 4 is 5.91 Å². The van der Waals surface area contributed by atoms with Gasteiger partial charge in [-0.3, -0.25) is 4.79 Å². The summed E-state index contributed by atoms with van der Waals surface area (Å²) in [6, 6.07) is -0.884. The SMILES string of the molecule is CCCCCCCCCC/C=C\CCCCCCCCCCCC(=O)NC(COC1OC(CO)C(OC2OC(CO)C(OC3OC(CO)C(O)C(O)C3O)C(O)C2O)C(O)C1O)C(O)CCCCCCCCCCCCCCCCC. The van der Waals surface area contributed by atoms with E-state index in [1.54, 1.807) is 0 Å². The van der Waals surface area contributed by atoms with Gasteiger partial charge in [0.1, 0.15) is 73.2 Å². The van der Waals surface area contributed by atoms with Gasteiger partial charge in [-0.25, -0.2) is 0 Å². The monoisotopic (exact) mass is 1160 g/mol. The summed E-state index contributed by atoms with van der Waals surface area (Å²) >= 11 is 0. The fourth-order valence-corrected chi connectivity index (χ4v) is 11.3. The van der Waals surface area contributed by atoms with Crippen LogP contribution in [-0.4, -0.2) is 193 Å². The number of hydrogen-bond donors (Lipinski definition) is 12. The van der Waals surface area contributed by atoms with Crippen LogP contribution in [0.5, 0.6) is 0 Å². The molecule has 478 valence electrons. The maximum Gasteiger partial charge on any atom is 0.220 e. The lowest BCUT2D eigenvalue weighted by Gasteiger charge is -2.48. The van der Waals surface area contributed by atoms with Crippen molar-refractivity contribution in [3.8, 4) is 0 Å². The molecule has 0 aromatic rings. The molecule has 3 fully saturated rings. The number of aliphatic hydroxyl groups excluding tert-OH is 11. The van der Waals surface area contributed by atoms with Gasteiger partial charge >= 0.3 is 0 Å². The van der Waals surface area contributed by atoms with Crippen LogP contribution in [0.15, 0.2) is 12.2 Å². The average molecular weight is 1160 g/mol. The third-order valence-corrected chi connectivity index (χ3v) is 16.6. The molecule has 17 atom stereocenters. The quantitative estimate of drug-likeness (QED) is 0.0217. The lowest BCUT2D eigenvalue weighted by molar-refractivity contribution is -0.379. The van der Waals surface area contributed by atoms with E-state index in [2.05, 4.69) is 31.3 Å². The molecule has 19 nitrogen and oxygen atoms in total. The van der Waals surface area contributed by atoms with Crippen LogP contribution in [0.4, 0.5) is 0 Å². The topological polar surface area (TPSA) is 307 Å². The average Bonchev–Trinajstić information content (AvgIpc) is 3.46. The second-order valence-corrected chi connectivity index (χ2v) is 23.6. The van der Waals surface area contributed by atoms with Gasteiger partial charge in [-0.2, -0.15) is 0 Å². The Morgan fingerprint density at radius 2 is 0.778 bits per heavy atom. The highest BCUT2D eigenvalue weighted by molar-refractivity contribution is 5.76. The summed E-state index contributed by atoms with van der Waals surface area (Å²) < 4.78 is 34.4. The van der Waals surface area contributed by atoms with Gasteiger partial charge in [0.2, 0.25) is 5.91 Å². The molecule has 0 aromatic carbocycles. The molecule has 3 rings (SSSR count). The number of carbonyl (C=O) groups is 1. The Hall–Kier alpha value is -1.47. The van der Waals surface area contributed by atoms with Gasteiger partial charge in [-0.15, -0.1) is 0 Å². The maximum atomic E-state index is 13.4. The minimum absolute atomic E-state index is 0.243. The Bertz CT molecular complexity index is 1530. The van der Waals surface area contributed by atoms with Crippen LogP contribution in [0.2, 0.25) is 0 Å². The zero-order valence-electron chi connectivity index (χ0n) is 50.0. The Morgan fingerprint density at radius 3 is 1.20 bits per heavy atom. The molecular formula is C62H117NO18. The number of nitrogens with one attached hydrogen (secondary N) is 1. The Labute approximate surface area is 486 Å². The summed E-state index contributed by atoms with van der Waals surface area (Å²) in [6.45, 7) is 1.81. The van der Waals surface area contributed by atoms with Crippen molar-refractivity contribution in [3.05, 3.63) is 12.2 Å². The first kappa shape index (κ1) is 73.8. The van der Waals surface area contributed by atoms with Gasteiger partial charge in [0.05, 0.1) is 38.6 Å². The summed E-state index contributed by atoms with van der Waals surface area (Å²) in [4.78, 5) is 13.4. The van der Waals surface area contributed by atoms with E-state index in [0.717, 1.165) is 51.4 Å². The third-order valence-electron chi connectivity index (χ3n) is 16.6. The molecule has 12 N–H and O–H groups in total. The number of rotatable bonds is 49. The van der Waals surface area contributed by atoms with Crippen molar-refractivity contribution in [3.63, 3.8) is 0 Å². The van der Waals surface area contributed by atoms with E-state index in [4.69, 9.17) is 28.4 Å². The first-order chi connectivity index (χ1) is 39.3. The van der Waals surface area contributed by atoms with Gasteiger partial charge < -0.3 is 89.9 Å². The van der Waals surface area contributed by atoms with Crippen LogP contribution in [0, 0.1) is 0 Å². The first-order valence-electron chi connectivity index (χ1n) is 32.4. The van der Waals surface area contributed by atoms with E-state index in [1.807, 2.05) is 0 Å². The van der Waals surface area contributed by atoms with E-state index in [1.165, 1.54) is 161 Å². The van der Waals surface area contributed by atoms with Gasteiger partial charge in [0.25, 0.3) is 0 Å². The highest BCUT2D eigenvalue weighted by Gasteiger charge is 2.53. The maximum absolute atomic E-state index is 13.4. The van der Waals surface area contributed by atoms with Crippen molar-refractivity contribution in [1.29, 1.82) is 0 Å². The molecule has 0 aliphatic carbocycles. The van der Waals surface area contributed by atoms with E-state index in [-0.39, 0.29) is 18.9 Å². The molecule has 0 spiro atoms. The van der Waals surface area contributed by atoms with Crippen LogP contribution in [0.1, 0.15) is 245 Å². The summed E-state index contributed by atoms with van der Waals surface area (Å²) in [5.74, 6) is -0.243. The van der Waals surface area contributed by atoms with Crippen LogP contribution in [0.25, 0.3) is 0 Å². The zero-order chi connectivity index (χ0) is 59.0. The smallest absolute Gasteiger partial charge is 0.220 e. The molecule has 0 radical (unpaired) electrons. The van der Waals surface area contributed by atoms with E-state index in [9.17, 15) is 61.0 Å². The summed E-state index contributed by atoms with van der Waals surface area (Å²) in [7, 11) is 0. The lowest BCUT2D eigenvalue weighted by Crippen LogP contribution is -2.66. The Kier molecular flexibility index (Phi) is 41.7. The highest BCUT2D eigenvalue weighted by Crippen LogP contribution is 2.33. The largest absolute Gasteiger partial charge is 0.394 e. The van der Waals surface area contributed by atoms with Crippen molar-refractivity contribution in [2.75, 3.05) is 26.4 Å². The van der Waals surface area contributed by atoms with Crippen LogP contribution < -0.4 is 5.32 Å². The van der Waals surface area contributed by atoms with Gasteiger partial charge in [0.15, 0.2) is 18.9 Å². The van der Waals surface area contributed by atoms with Crippen molar-refractivity contribution in [2.24, 2.45) is 0 Å². The fourth-order valence-electron chi connectivity index (χ4n) is 11.3. The van der Waals surface area contributed by atoms with Gasteiger partial charge in [0, 0.05) is 6.42 Å². The predicted molar refractivity (Wildman–Crippen MR) is 310 cm³/mol. The zero-order valence-corrected chi connectivity index (χ0v) is 50.0. The first-order valence-corrected chi connectivity index (χ1v) is 32.4. The Balaban J connectivity index is 1.46. The fraction of sp³-hybridized carbons (Fsp3) is 0.952. The second kappa shape index (κ2) is 45.8. The number of aliphatic hydroxyl groups is 11. The minimum atomic E-state index is -1.97. The molecular weight excluding hydrogens is 1050 g/mol. The molecule has 17 unspecified atom stereocenters. The molecule has 3 heterocycles. The number of carbonyl (C=O) groups excluding carboxylic acids is 1. The number of allylic oxidation sites excluding steroid dienone is 2. The number of unbranched alkanes of at least 4 members (excludes halogenated alkanes) is 31. The highest BCUT2D eigenvalue weighted by atomic mass is 16.8. The molecule has 19 heteroatoms. The summed E-state index contributed by atoms with van der Waals surface area (Å²) in [6.07, 6.45) is 20.0.